The molecule has 0 saturated carbocycles. The van der Waals surface area contributed by atoms with Crippen LogP contribution < -0.4 is 4.90 Å². The van der Waals surface area contributed by atoms with E-state index in [0.717, 1.165) is 71.6 Å². The van der Waals surface area contributed by atoms with E-state index >= 15 is 4.39 Å². The minimum absolute atomic E-state index is 0.128. The quantitative estimate of drug-likeness (QED) is 0.377. The second-order valence-corrected chi connectivity index (χ2v) is 9.67. The Balaban J connectivity index is 1.58. The second-order valence-electron chi connectivity index (χ2n) is 9.67. The van der Waals surface area contributed by atoms with Crippen molar-refractivity contribution in [2.24, 2.45) is 0 Å². The number of ether oxygens (including phenoxy) is 2. The van der Waals surface area contributed by atoms with Crippen LogP contribution in [0.25, 0.3) is 33.4 Å². The summed E-state index contributed by atoms with van der Waals surface area (Å²) in [5.41, 5.74) is 4.53. The van der Waals surface area contributed by atoms with Crippen LogP contribution in [0.1, 0.15) is 38.0 Å². The number of pyridine rings is 2. The number of hydrogen-bond acceptors (Lipinski definition) is 6. The molecule has 1 unspecified atom stereocenters. The summed E-state index contributed by atoms with van der Waals surface area (Å²) < 4.78 is 28.9. The maximum atomic E-state index is 15.3. The molecule has 2 atom stereocenters. The molecule has 7 nitrogen and oxygen atoms in total. The van der Waals surface area contributed by atoms with Gasteiger partial charge in [-0.15, -0.1) is 0 Å². The first kappa shape index (κ1) is 23.1. The smallest absolute Gasteiger partial charge is 0.150 e. The van der Waals surface area contributed by atoms with Gasteiger partial charge in [0.2, 0.25) is 0 Å². The van der Waals surface area contributed by atoms with Gasteiger partial charge in [-0.05, 0) is 68.5 Å². The summed E-state index contributed by atoms with van der Waals surface area (Å²) in [6.45, 7) is 6.72. The highest BCUT2D eigenvalue weighted by Gasteiger charge is 2.26. The number of aromatic nitrogens is 4. The molecule has 36 heavy (non-hydrogen) atoms. The van der Waals surface area contributed by atoms with Gasteiger partial charge in [0, 0.05) is 36.5 Å². The van der Waals surface area contributed by atoms with Crippen molar-refractivity contribution in [2.45, 2.75) is 45.4 Å². The van der Waals surface area contributed by atoms with Crippen molar-refractivity contribution in [3.63, 3.8) is 0 Å². The predicted octanol–water partition coefficient (Wildman–Crippen LogP) is 5.53. The molecule has 2 fully saturated rings. The van der Waals surface area contributed by atoms with E-state index < -0.39 is 0 Å². The molecule has 5 heterocycles. The van der Waals surface area contributed by atoms with E-state index in [2.05, 4.69) is 16.9 Å². The fraction of sp³-hybridized carbons (Fsp3) is 0.393. The van der Waals surface area contributed by atoms with Crippen molar-refractivity contribution in [2.75, 3.05) is 31.3 Å². The van der Waals surface area contributed by atoms with Crippen LogP contribution in [0.4, 0.5) is 10.2 Å². The highest BCUT2D eigenvalue weighted by molar-refractivity contribution is 6.01. The molecule has 8 heteroatoms. The number of halogens is 1. The molecule has 0 radical (unpaired) electrons. The van der Waals surface area contributed by atoms with Crippen LogP contribution in [0.2, 0.25) is 0 Å². The van der Waals surface area contributed by atoms with Gasteiger partial charge in [0.05, 0.1) is 24.9 Å². The maximum absolute atomic E-state index is 15.3. The van der Waals surface area contributed by atoms with Gasteiger partial charge in [0.15, 0.2) is 6.23 Å². The van der Waals surface area contributed by atoms with E-state index in [1.54, 1.807) is 18.5 Å². The molecule has 0 N–H and O–H groups in total. The first-order valence-corrected chi connectivity index (χ1v) is 12.7. The lowest BCUT2D eigenvalue weighted by Gasteiger charge is -2.34. The third-order valence-corrected chi connectivity index (χ3v) is 7.13. The summed E-state index contributed by atoms with van der Waals surface area (Å²) in [7, 11) is 0. The number of hydrogen-bond donors (Lipinski definition) is 0. The van der Waals surface area contributed by atoms with Gasteiger partial charge in [0.1, 0.15) is 22.8 Å². The molecular weight excluding hydrogens is 457 g/mol. The van der Waals surface area contributed by atoms with Gasteiger partial charge >= 0.3 is 0 Å². The SMILES string of the molecule is Cc1ccc(-c2cc(N3CCOC[C@H]3C)nc3c(-c4ccnn4C4CCCCO4)nccc23)c(F)c1. The monoisotopic (exact) mass is 487 g/mol. The molecule has 3 aromatic heterocycles. The van der Waals surface area contributed by atoms with Crippen LogP contribution >= 0.6 is 0 Å². The molecular formula is C28H30FN5O2. The molecule has 1 aromatic carbocycles. The fourth-order valence-corrected chi connectivity index (χ4v) is 5.25. The van der Waals surface area contributed by atoms with Crippen LogP contribution in [0.5, 0.6) is 0 Å². The highest BCUT2D eigenvalue weighted by atomic mass is 19.1. The summed E-state index contributed by atoms with van der Waals surface area (Å²) in [6.07, 6.45) is 6.49. The second kappa shape index (κ2) is 9.59. The van der Waals surface area contributed by atoms with Crippen molar-refractivity contribution in [1.29, 1.82) is 0 Å². The van der Waals surface area contributed by atoms with E-state index in [9.17, 15) is 0 Å². The Morgan fingerprint density at radius 2 is 1.94 bits per heavy atom. The largest absolute Gasteiger partial charge is 0.377 e. The predicted molar refractivity (Wildman–Crippen MR) is 137 cm³/mol. The Hall–Kier alpha value is -3.36. The number of aryl methyl sites for hydroxylation is 1. The van der Waals surface area contributed by atoms with Gasteiger partial charge in [-0.25, -0.2) is 14.1 Å². The number of anilines is 1. The molecule has 186 valence electrons. The minimum atomic E-state index is -0.248. The Morgan fingerprint density at radius 3 is 2.75 bits per heavy atom. The number of nitrogens with zero attached hydrogens (tertiary/aromatic N) is 5. The van der Waals surface area contributed by atoms with Crippen molar-refractivity contribution in [3.05, 3.63) is 60.2 Å². The van der Waals surface area contributed by atoms with Crippen LogP contribution in [-0.2, 0) is 9.47 Å². The van der Waals surface area contributed by atoms with E-state index in [0.29, 0.717) is 18.8 Å². The average molecular weight is 488 g/mol. The normalized spacial score (nSPS) is 20.7. The summed E-state index contributed by atoms with van der Waals surface area (Å²) in [6, 6.07) is 11.4. The van der Waals surface area contributed by atoms with Crippen LogP contribution in [-0.4, -0.2) is 52.2 Å². The highest BCUT2D eigenvalue weighted by Crippen LogP contribution is 2.38. The lowest BCUT2D eigenvalue weighted by molar-refractivity contribution is -0.0383. The summed E-state index contributed by atoms with van der Waals surface area (Å²) in [4.78, 5) is 12.1. The Kier molecular flexibility index (Phi) is 6.15. The zero-order valence-corrected chi connectivity index (χ0v) is 20.7. The zero-order chi connectivity index (χ0) is 24.6. The summed E-state index contributed by atoms with van der Waals surface area (Å²) >= 11 is 0. The average Bonchev–Trinajstić information content (AvgIpc) is 3.38. The molecule has 0 bridgehead atoms. The first-order chi connectivity index (χ1) is 17.6. The van der Waals surface area contributed by atoms with Crippen LogP contribution in [0, 0.1) is 12.7 Å². The van der Waals surface area contributed by atoms with Crippen molar-refractivity contribution < 1.29 is 13.9 Å². The van der Waals surface area contributed by atoms with Gasteiger partial charge in [-0.3, -0.25) is 4.98 Å². The molecule has 2 aliphatic heterocycles. The Bertz CT molecular complexity index is 1400. The van der Waals surface area contributed by atoms with Gasteiger partial charge in [0.25, 0.3) is 0 Å². The zero-order valence-electron chi connectivity index (χ0n) is 20.7. The summed E-state index contributed by atoms with van der Waals surface area (Å²) in [5.74, 6) is 0.546. The van der Waals surface area contributed by atoms with Gasteiger partial charge < -0.3 is 14.4 Å². The Morgan fingerprint density at radius 1 is 1.03 bits per heavy atom. The topological polar surface area (TPSA) is 65.3 Å². The number of morpholine rings is 1. The molecule has 2 saturated heterocycles. The standard InChI is InChI=1S/C28H30FN5O2/c1-18-6-7-20(23(29)15-18)22-16-25(33-12-14-35-17-19(33)2)32-27-21(22)8-10-30-28(27)24-9-11-31-34(24)26-5-3-4-13-36-26/h6-11,15-16,19,26H,3-5,12-14,17H2,1-2H3/t19-,26?/m1/s1. The van der Waals surface area contributed by atoms with Crippen LogP contribution in [0.15, 0.2) is 48.8 Å². The van der Waals surface area contributed by atoms with Crippen molar-refractivity contribution in [1.82, 2.24) is 19.7 Å². The Labute approximate surface area is 209 Å². The third kappa shape index (κ3) is 4.14. The maximum Gasteiger partial charge on any atom is 0.150 e. The van der Waals surface area contributed by atoms with Gasteiger partial charge in [-0.1, -0.05) is 12.1 Å². The van der Waals surface area contributed by atoms with E-state index in [1.165, 1.54) is 0 Å². The number of rotatable bonds is 4. The van der Waals surface area contributed by atoms with Crippen molar-refractivity contribution >= 4 is 16.7 Å². The molecule has 6 rings (SSSR count). The third-order valence-electron chi connectivity index (χ3n) is 7.13. The summed E-state index contributed by atoms with van der Waals surface area (Å²) in [5, 5.41) is 5.44. The van der Waals surface area contributed by atoms with E-state index in [4.69, 9.17) is 19.4 Å². The van der Waals surface area contributed by atoms with E-state index in [-0.39, 0.29) is 18.1 Å². The molecule has 0 aliphatic carbocycles. The van der Waals surface area contributed by atoms with E-state index in [1.807, 2.05) is 41.9 Å². The fourth-order valence-electron chi connectivity index (χ4n) is 5.25. The van der Waals surface area contributed by atoms with Gasteiger partial charge in [-0.2, -0.15) is 5.10 Å². The minimum Gasteiger partial charge on any atom is -0.377 e. The first-order valence-electron chi connectivity index (χ1n) is 12.7. The van der Waals surface area contributed by atoms with Crippen LogP contribution in [0.3, 0.4) is 0 Å². The van der Waals surface area contributed by atoms with Crippen molar-refractivity contribution in [3.8, 4) is 22.5 Å². The lowest BCUT2D eigenvalue weighted by atomic mass is 9.98. The number of benzene rings is 1. The lowest BCUT2D eigenvalue weighted by Crippen LogP contribution is -2.44. The number of fused-ring (bicyclic) bond motifs is 1. The molecule has 0 spiro atoms. The molecule has 2 aliphatic rings. The molecule has 0 amide bonds. The molecule has 4 aromatic rings.